The van der Waals surface area contributed by atoms with Crippen molar-refractivity contribution in [1.82, 2.24) is 15.1 Å². The number of ether oxygens (including phenoxy) is 3. The summed E-state index contributed by atoms with van der Waals surface area (Å²) in [5, 5.41) is 17.9. The minimum absolute atomic E-state index is 0.250. The highest BCUT2D eigenvalue weighted by Gasteiger charge is 2.14. The summed E-state index contributed by atoms with van der Waals surface area (Å²) in [5.74, 6) is 2.32. The van der Waals surface area contributed by atoms with Gasteiger partial charge in [0.1, 0.15) is 0 Å². The van der Waals surface area contributed by atoms with E-state index in [0.29, 0.717) is 42.2 Å². The number of hydrogen-bond donors (Lipinski definition) is 2. The van der Waals surface area contributed by atoms with Crippen molar-refractivity contribution in [3.63, 3.8) is 0 Å². The summed E-state index contributed by atoms with van der Waals surface area (Å²) in [6, 6.07) is 4.10. The number of hydrogen-bond acceptors (Lipinski definition) is 9. The Labute approximate surface area is 151 Å². The first-order valence-corrected chi connectivity index (χ1v) is 7.56. The predicted molar refractivity (Wildman–Crippen MR) is 93.8 cm³/mol. The van der Waals surface area contributed by atoms with E-state index in [1.807, 2.05) is 31.1 Å². The second-order valence-corrected chi connectivity index (χ2v) is 5.23. The van der Waals surface area contributed by atoms with Crippen molar-refractivity contribution in [2.45, 2.75) is 13.1 Å². The Morgan fingerprint density at radius 3 is 2.19 bits per heavy atom. The largest absolute Gasteiger partial charge is 0.493 e. The van der Waals surface area contributed by atoms with Crippen molar-refractivity contribution >= 4 is 12.5 Å². The van der Waals surface area contributed by atoms with Gasteiger partial charge in [-0.3, -0.25) is 4.79 Å². The van der Waals surface area contributed by atoms with Crippen LogP contribution in [0.15, 0.2) is 16.5 Å². The van der Waals surface area contributed by atoms with E-state index in [9.17, 15) is 0 Å². The highest BCUT2D eigenvalue weighted by atomic mass is 16.5. The van der Waals surface area contributed by atoms with Crippen molar-refractivity contribution in [2.75, 3.05) is 40.7 Å². The van der Waals surface area contributed by atoms with Crippen molar-refractivity contribution < 1.29 is 28.5 Å². The molecule has 26 heavy (non-hydrogen) atoms. The number of carboxylic acid groups (broad SMARTS) is 1. The van der Waals surface area contributed by atoms with Gasteiger partial charge in [-0.25, -0.2) is 0 Å². The molecule has 0 fully saturated rings. The Kier molecular flexibility index (Phi) is 8.71. The molecule has 0 aliphatic rings. The summed E-state index contributed by atoms with van der Waals surface area (Å²) in [6.07, 6.45) is 0. The van der Waals surface area contributed by atoms with Crippen LogP contribution in [-0.4, -0.2) is 62.1 Å². The van der Waals surface area contributed by atoms with E-state index >= 15 is 0 Å². The first-order valence-electron chi connectivity index (χ1n) is 7.56. The smallest absolute Gasteiger partial charge is 0.315 e. The molecule has 0 saturated carbocycles. The number of nitrogens with one attached hydrogen (secondary N) is 1. The predicted octanol–water partition coefficient (Wildman–Crippen LogP) is 1.47. The summed E-state index contributed by atoms with van der Waals surface area (Å²) in [7, 11) is 8.61. The van der Waals surface area contributed by atoms with Gasteiger partial charge in [0.25, 0.3) is 6.47 Å². The van der Waals surface area contributed by atoms with Gasteiger partial charge in [-0.05, 0) is 31.8 Å². The van der Waals surface area contributed by atoms with Gasteiger partial charge in [0.15, 0.2) is 11.5 Å². The van der Waals surface area contributed by atoms with Crippen LogP contribution in [-0.2, 0) is 17.9 Å². The zero-order valence-electron chi connectivity index (χ0n) is 15.5. The standard InChI is InChI=1S/C15H22N4O4.CH2O2/c1-19(2)9-13-17-18-15(23-13)16-8-10-6-11(20-3)14(22-5)12(7-10)21-4;2-1-3/h6-7H,8-9H2,1-5H3,(H,16,18);1H,(H,2,3). The van der Waals surface area contributed by atoms with E-state index in [0.717, 1.165) is 5.56 Å². The minimum Gasteiger partial charge on any atom is -0.493 e. The van der Waals surface area contributed by atoms with Crippen LogP contribution in [0.3, 0.4) is 0 Å². The molecule has 1 heterocycles. The molecule has 2 N–H and O–H groups in total. The lowest BCUT2D eigenvalue weighted by atomic mass is 10.2. The maximum atomic E-state index is 8.36. The molecule has 0 aliphatic carbocycles. The van der Waals surface area contributed by atoms with Gasteiger partial charge in [-0.15, -0.1) is 5.10 Å². The molecule has 0 amide bonds. The molecule has 1 aromatic carbocycles. The van der Waals surface area contributed by atoms with Crippen LogP contribution in [0.5, 0.6) is 17.2 Å². The number of methoxy groups -OCH3 is 3. The van der Waals surface area contributed by atoms with E-state index < -0.39 is 0 Å². The second-order valence-electron chi connectivity index (χ2n) is 5.23. The lowest BCUT2D eigenvalue weighted by Gasteiger charge is -2.14. The fourth-order valence-electron chi connectivity index (χ4n) is 2.07. The fourth-order valence-corrected chi connectivity index (χ4v) is 2.07. The Morgan fingerprint density at radius 2 is 1.73 bits per heavy atom. The first-order chi connectivity index (χ1) is 12.5. The molecule has 0 saturated heterocycles. The van der Waals surface area contributed by atoms with Gasteiger partial charge in [0, 0.05) is 6.54 Å². The highest BCUT2D eigenvalue weighted by Crippen LogP contribution is 2.38. The number of carbonyl (C=O) groups is 1. The van der Waals surface area contributed by atoms with Crippen LogP contribution < -0.4 is 19.5 Å². The van der Waals surface area contributed by atoms with Crippen molar-refractivity contribution in [1.29, 1.82) is 0 Å². The third-order valence-corrected chi connectivity index (χ3v) is 3.09. The van der Waals surface area contributed by atoms with Crippen LogP contribution in [0.1, 0.15) is 11.5 Å². The summed E-state index contributed by atoms with van der Waals surface area (Å²) in [4.78, 5) is 10.3. The summed E-state index contributed by atoms with van der Waals surface area (Å²) < 4.78 is 21.5. The lowest BCUT2D eigenvalue weighted by Crippen LogP contribution is -2.10. The average molecular weight is 368 g/mol. The van der Waals surface area contributed by atoms with Crippen LogP contribution >= 0.6 is 0 Å². The van der Waals surface area contributed by atoms with Crippen LogP contribution in [0.4, 0.5) is 6.01 Å². The molecule has 10 nitrogen and oxygen atoms in total. The van der Waals surface area contributed by atoms with Gasteiger partial charge >= 0.3 is 6.01 Å². The van der Waals surface area contributed by atoms with Gasteiger partial charge in [0.05, 0.1) is 27.9 Å². The number of aromatic nitrogens is 2. The molecule has 0 atom stereocenters. The van der Waals surface area contributed by atoms with Gasteiger partial charge < -0.3 is 34.0 Å². The molecular weight excluding hydrogens is 344 g/mol. The molecule has 0 bridgehead atoms. The van der Waals surface area contributed by atoms with E-state index in [1.165, 1.54) is 0 Å². The fraction of sp³-hybridized carbons (Fsp3) is 0.438. The quantitative estimate of drug-likeness (QED) is 0.663. The Bertz CT molecular complexity index is 664. The lowest BCUT2D eigenvalue weighted by molar-refractivity contribution is -0.122. The third-order valence-electron chi connectivity index (χ3n) is 3.09. The molecule has 2 rings (SSSR count). The topological polar surface area (TPSA) is 119 Å². The van der Waals surface area contributed by atoms with Crippen LogP contribution in [0.2, 0.25) is 0 Å². The molecule has 0 radical (unpaired) electrons. The monoisotopic (exact) mass is 368 g/mol. The Morgan fingerprint density at radius 1 is 1.15 bits per heavy atom. The maximum absolute atomic E-state index is 8.36. The van der Waals surface area contributed by atoms with E-state index in [4.69, 9.17) is 28.5 Å². The van der Waals surface area contributed by atoms with E-state index in [1.54, 1.807) is 21.3 Å². The molecular formula is C16H24N4O6. The molecule has 144 valence electrons. The molecule has 2 aromatic rings. The van der Waals surface area contributed by atoms with Gasteiger partial charge in [-0.1, -0.05) is 5.10 Å². The van der Waals surface area contributed by atoms with Gasteiger partial charge in [0.2, 0.25) is 11.6 Å². The van der Waals surface area contributed by atoms with E-state index in [-0.39, 0.29) is 6.47 Å². The van der Waals surface area contributed by atoms with Crippen molar-refractivity contribution in [3.8, 4) is 17.2 Å². The van der Waals surface area contributed by atoms with Crippen LogP contribution in [0.25, 0.3) is 0 Å². The van der Waals surface area contributed by atoms with Crippen molar-refractivity contribution in [2.24, 2.45) is 0 Å². The summed E-state index contributed by atoms with van der Waals surface area (Å²) in [6.45, 7) is 0.833. The normalized spacial score (nSPS) is 9.92. The second kappa shape index (κ2) is 10.8. The number of rotatable bonds is 8. The SMILES string of the molecule is COc1cc(CNc2nnc(CN(C)C)o2)cc(OC)c1OC.O=CO. The van der Waals surface area contributed by atoms with E-state index in [2.05, 4.69) is 15.5 Å². The highest BCUT2D eigenvalue weighted by molar-refractivity contribution is 5.54. The van der Waals surface area contributed by atoms with Crippen LogP contribution in [0, 0.1) is 0 Å². The Balaban J connectivity index is 0.00000105. The molecule has 10 heteroatoms. The number of benzene rings is 1. The van der Waals surface area contributed by atoms with Gasteiger partial charge in [-0.2, -0.15) is 0 Å². The number of anilines is 1. The third kappa shape index (κ3) is 6.13. The molecule has 0 unspecified atom stereocenters. The van der Waals surface area contributed by atoms with Crippen molar-refractivity contribution in [3.05, 3.63) is 23.6 Å². The zero-order valence-corrected chi connectivity index (χ0v) is 15.5. The molecule has 0 spiro atoms. The maximum Gasteiger partial charge on any atom is 0.315 e. The summed E-state index contributed by atoms with van der Waals surface area (Å²) >= 11 is 0. The molecule has 1 aromatic heterocycles. The zero-order chi connectivity index (χ0) is 19.5. The molecule has 0 aliphatic heterocycles. The average Bonchev–Trinajstić information content (AvgIpc) is 3.06. The summed E-state index contributed by atoms with van der Waals surface area (Å²) in [5.41, 5.74) is 0.937. The minimum atomic E-state index is -0.250. The first kappa shape index (κ1) is 21.0. The Hall–Kier alpha value is -3.01. The number of nitrogens with zero attached hydrogens (tertiary/aromatic N) is 3.